The number of carbonyl (C=O) groups excluding carboxylic acids is 1. The molecule has 3 aromatic rings. The van der Waals surface area contributed by atoms with Gasteiger partial charge >= 0.3 is 5.97 Å². The summed E-state index contributed by atoms with van der Waals surface area (Å²) in [6.45, 7) is 9.95. The molecule has 0 bridgehead atoms. The predicted octanol–water partition coefficient (Wildman–Crippen LogP) is 4.48. The Kier molecular flexibility index (Phi) is 5.90. The number of hydrogen-bond acceptors (Lipinski definition) is 6. The topological polar surface area (TPSA) is 89.9 Å². The van der Waals surface area contributed by atoms with Gasteiger partial charge in [0, 0.05) is 11.4 Å². The van der Waals surface area contributed by atoms with Gasteiger partial charge in [-0.05, 0) is 39.7 Å². The highest BCUT2D eigenvalue weighted by atomic mass is 35.5. The zero-order valence-electron chi connectivity index (χ0n) is 16.6. The van der Waals surface area contributed by atoms with Crippen LogP contribution in [-0.2, 0) is 11.3 Å². The lowest BCUT2D eigenvalue weighted by Crippen LogP contribution is -2.17. The van der Waals surface area contributed by atoms with Gasteiger partial charge in [-0.2, -0.15) is 5.10 Å². The first-order chi connectivity index (χ1) is 13.2. The van der Waals surface area contributed by atoms with Crippen molar-refractivity contribution in [1.82, 2.24) is 19.7 Å². The van der Waals surface area contributed by atoms with E-state index in [1.807, 2.05) is 13.8 Å². The normalized spacial score (nSPS) is 12.5. The molecule has 0 aliphatic carbocycles. The summed E-state index contributed by atoms with van der Waals surface area (Å²) in [5.74, 6) is -0.279. The molecule has 0 aromatic carbocycles. The third kappa shape index (κ3) is 3.71. The summed E-state index contributed by atoms with van der Waals surface area (Å²) in [6.07, 6.45) is 1.17. The number of nitrogens with one attached hydrogen (secondary N) is 1. The maximum Gasteiger partial charge on any atom is 0.343 e. The highest BCUT2D eigenvalue weighted by Gasteiger charge is 2.25. The van der Waals surface area contributed by atoms with E-state index in [4.69, 9.17) is 16.3 Å². The van der Waals surface area contributed by atoms with Crippen LogP contribution in [0.5, 0.6) is 0 Å². The predicted molar refractivity (Wildman–Crippen MR) is 110 cm³/mol. The van der Waals surface area contributed by atoms with Crippen LogP contribution in [0.2, 0.25) is 5.15 Å². The van der Waals surface area contributed by atoms with E-state index in [2.05, 4.69) is 22.0 Å². The number of aryl methyl sites for hydroxylation is 4. The van der Waals surface area contributed by atoms with Crippen LogP contribution in [0.3, 0.4) is 0 Å². The van der Waals surface area contributed by atoms with E-state index < -0.39 is 12.1 Å². The van der Waals surface area contributed by atoms with Crippen molar-refractivity contribution in [2.45, 2.75) is 60.1 Å². The van der Waals surface area contributed by atoms with E-state index >= 15 is 0 Å². The fourth-order valence-corrected chi connectivity index (χ4v) is 4.35. The second kappa shape index (κ2) is 8.05. The van der Waals surface area contributed by atoms with Gasteiger partial charge in [-0.25, -0.2) is 9.78 Å². The molecule has 0 saturated heterocycles. The number of unbranched alkanes of at least 4 members (excludes halogenated alkanes) is 1. The van der Waals surface area contributed by atoms with Crippen LogP contribution in [0.25, 0.3) is 10.2 Å². The smallest absolute Gasteiger partial charge is 0.343 e. The largest absolute Gasteiger partial charge is 0.451 e. The Hall–Kier alpha value is -2.19. The van der Waals surface area contributed by atoms with Gasteiger partial charge in [0.25, 0.3) is 5.56 Å². The molecule has 0 aliphatic rings. The first-order valence-electron chi connectivity index (χ1n) is 9.18. The van der Waals surface area contributed by atoms with Crippen LogP contribution < -0.4 is 5.56 Å². The monoisotopic (exact) mass is 422 g/mol. The minimum absolute atomic E-state index is 0.230. The van der Waals surface area contributed by atoms with Crippen molar-refractivity contribution in [2.75, 3.05) is 0 Å². The Bertz CT molecular complexity index is 1100. The Morgan fingerprint density at radius 2 is 2.07 bits per heavy atom. The lowest BCUT2D eigenvalue weighted by Gasteiger charge is -2.12. The number of nitrogens with zero attached hydrogens (tertiary/aromatic N) is 3. The van der Waals surface area contributed by atoms with Crippen LogP contribution in [-0.4, -0.2) is 25.7 Å². The van der Waals surface area contributed by atoms with Crippen molar-refractivity contribution >= 4 is 39.1 Å². The molecule has 7 nitrogen and oxygen atoms in total. The van der Waals surface area contributed by atoms with E-state index in [9.17, 15) is 9.59 Å². The molecule has 3 rings (SSSR count). The molecule has 0 saturated carbocycles. The van der Waals surface area contributed by atoms with Gasteiger partial charge in [-0.1, -0.05) is 24.9 Å². The van der Waals surface area contributed by atoms with Gasteiger partial charge in [-0.15, -0.1) is 11.3 Å². The van der Waals surface area contributed by atoms with Crippen LogP contribution >= 0.6 is 22.9 Å². The van der Waals surface area contributed by atoms with E-state index in [1.165, 1.54) is 11.3 Å². The van der Waals surface area contributed by atoms with Crippen molar-refractivity contribution in [3.8, 4) is 0 Å². The summed E-state index contributed by atoms with van der Waals surface area (Å²) in [7, 11) is 0. The summed E-state index contributed by atoms with van der Waals surface area (Å²) < 4.78 is 7.15. The second-order valence-corrected chi connectivity index (χ2v) is 8.35. The third-order valence-corrected chi connectivity index (χ3v) is 6.20. The number of fused-ring (bicyclic) bond motifs is 1. The Labute approximate surface area is 171 Å². The third-order valence-electron chi connectivity index (χ3n) is 4.72. The van der Waals surface area contributed by atoms with Gasteiger partial charge in [0.15, 0.2) is 11.9 Å². The fraction of sp³-hybridized carbons (Fsp3) is 0.474. The molecule has 0 unspecified atom stereocenters. The van der Waals surface area contributed by atoms with Crippen LogP contribution in [0.1, 0.15) is 65.1 Å². The summed E-state index contributed by atoms with van der Waals surface area (Å²) >= 11 is 7.79. The summed E-state index contributed by atoms with van der Waals surface area (Å²) in [6, 6.07) is 0. The van der Waals surface area contributed by atoms with Gasteiger partial charge in [0.1, 0.15) is 15.5 Å². The molecule has 9 heteroatoms. The Morgan fingerprint density at radius 3 is 2.75 bits per heavy atom. The molecule has 1 N–H and O–H groups in total. The zero-order chi connectivity index (χ0) is 20.6. The number of thiophene rings is 1. The summed E-state index contributed by atoms with van der Waals surface area (Å²) in [5.41, 5.74) is 1.45. The summed E-state index contributed by atoms with van der Waals surface area (Å²) in [4.78, 5) is 34.0. The highest BCUT2D eigenvalue weighted by Crippen LogP contribution is 2.28. The molecule has 1 atom stereocenters. The number of aromatic nitrogens is 4. The highest BCUT2D eigenvalue weighted by molar-refractivity contribution is 7.18. The van der Waals surface area contributed by atoms with E-state index in [1.54, 1.807) is 18.5 Å². The number of ether oxygens (including phenoxy) is 1. The van der Waals surface area contributed by atoms with Crippen molar-refractivity contribution in [1.29, 1.82) is 0 Å². The lowest BCUT2D eigenvalue weighted by atomic mass is 10.2. The Balaban J connectivity index is 1.86. The minimum Gasteiger partial charge on any atom is -0.451 e. The van der Waals surface area contributed by atoms with Crippen molar-refractivity contribution in [3.05, 3.63) is 43.0 Å². The van der Waals surface area contributed by atoms with Crippen molar-refractivity contribution in [3.63, 3.8) is 0 Å². The van der Waals surface area contributed by atoms with Crippen molar-refractivity contribution < 1.29 is 9.53 Å². The zero-order valence-corrected chi connectivity index (χ0v) is 18.1. The van der Waals surface area contributed by atoms with Crippen LogP contribution in [0.15, 0.2) is 4.79 Å². The van der Waals surface area contributed by atoms with Gasteiger partial charge in [-0.3, -0.25) is 9.48 Å². The minimum atomic E-state index is -0.734. The SMILES string of the molecule is CCCCn1nc(C)c(C(=O)O[C@@H](C)c2nc3sc(C)c(C)c3c(=O)[nH]2)c1Cl. The standard InChI is InChI=1S/C19H23ClN4O3S/c1-6-7-8-24-15(20)14(10(3)23-24)19(26)27-11(4)16-21-17(25)13-9(2)12(5)28-18(13)22-16/h11H,6-8H2,1-5H3,(H,21,22,25)/t11-/m0/s1. The van der Waals surface area contributed by atoms with Gasteiger partial charge in [0.2, 0.25) is 0 Å². The molecule has 3 aromatic heterocycles. The molecular weight excluding hydrogens is 400 g/mol. The van der Waals surface area contributed by atoms with Gasteiger partial charge < -0.3 is 9.72 Å². The molecule has 0 amide bonds. The number of halogens is 1. The number of rotatable bonds is 6. The lowest BCUT2D eigenvalue weighted by molar-refractivity contribution is 0.0319. The average molecular weight is 423 g/mol. The molecular formula is C19H23ClN4O3S. The molecule has 0 spiro atoms. The number of hydrogen-bond donors (Lipinski definition) is 1. The number of carbonyl (C=O) groups is 1. The molecule has 0 radical (unpaired) electrons. The number of H-pyrrole nitrogens is 1. The van der Waals surface area contributed by atoms with E-state index in [-0.39, 0.29) is 16.3 Å². The average Bonchev–Trinajstić information content (AvgIpc) is 3.08. The summed E-state index contributed by atoms with van der Waals surface area (Å²) in [5, 5.41) is 5.18. The molecule has 0 fully saturated rings. The van der Waals surface area contributed by atoms with E-state index in [0.717, 1.165) is 23.3 Å². The maximum atomic E-state index is 12.7. The second-order valence-electron chi connectivity index (χ2n) is 6.79. The fourth-order valence-electron chi connectivity index (χ4n) is 2.98. The Morgan fingerprint density at radius 1 is 1.36 bits per heavy atom. The van der Waals surface area contributed by atoms with Gasteiger partial charge in [0.05, 0.1) is 11.1 Å². The van der Waals surface area contributed by atoms with Crippen LogP contribution in [0.4, 0.5) is 0 Å². The molecule has 28 heavy (non-hydrogen) atoms. The molecule has 3 heterocycles. The first-order valence-corrected chi connectivity index (χ1v) is 10.4. The van der Waals surface area contributed by atoms with Crippen LogP contribution in [0, 0.1) is 20.8 Å². The number of esters is 1. The van der Waals surface area contributed by atoms with Crippen molar-refractivity contribution in [2.24, 2.45) is 0 Å². The van der Waals surface area contributed by atoms with E-state index in [0.29, 0.717) is 28.3 Å². The maximum absolute atomic E-state index is 12.7. The molecule has 150 valence electrons. The molecule has 0 aliphatic heterocycles. The first kappa shape index (κ1) is 20.5. The number of aromatic amines is 1. The quantitative estimate of drug-likeness (QED) is 0.591.